The van der Waals surface area contributed by atoms with E-state index in [1.54, 1.807) is 0 Å². The van der Waals surface area contributed by atoms with Gasteiger partial charge < -0.3 is 10.1 Å². The summed E-state index contributed by atoms with van der Waals surface area (Å²) in [6.45, 7) is 12.6. The first-order valence-corrected chi connectivity index (χ1v) is 8.04. The van der Waals surface area contributed by atoms with Crippen LogP contribution in [0, 0.1) is 5.92 Å². The Morgan fingerprint density at radius 3 is 2.53 bits per heavy atom. The standard InChI is InChI=1S/C16H30N2O/c1-12-10-17-16(4,13-5-6-13)11-18(12)14-7-8-19-15(2,3)9-14/h12-14,17H,5-11H2,1-4H3. The van der Waals surface area contributed by atoms with Gasteiger partial charge in [0.1, 0.15) is 0 Å². The molecule has 110 valence electrons. The van der Waals surface area contributed by atoms with Crippen molar-refractivity contribution >= 4 is 0 Å². The van der Waals surface area contributed by atoms with Gasteiger partial charge in [-0.2, -0.15) is 0 Å². The minimum Gasteiger partial charge on any atom is -0.375 e. The zero-order valence-corrected chi connectivity index (χ0v) is 13.0. The van der Waals surface area contributed by atoms with Crippen LogP contribution in [0.1, 0.15) is 53.4 Å². The highest BCUT2D eigenvalue weighted by Crippen LogP contribution is 2.42. The summed E-state index contributed by atoms with van der Waals surface area (Å²) in [4.78, 5) is 2.78. The van der Waals surface area contributed by atoms with Crippen molar-refractivity contribution in [1.29, 1.82) is 0 Å². The summed E-state index contributed by atoms with van der Waals surface area (Å²) in [5.74, 6) is 0.912. The van der Waals surface area contributed by atoms with E-state index in [-0.39, 0.29) is 5.60 Å². The van der Waals surface area contributed by atoms with Crippen molar-refractivity contribution in [2.24, 2.45) is 5.92 Å². The molecule has 3 nitrogen and oxygen atoms in total. The molecule has 0 aromatic heterocycles. The Balaban J connectivity index is 1.70. The molecule has 3 rings (SSSR count). The van der Waals surface area contributed by atoms with E-state index in [1.807, 2.05) is 0 Å². The van der Waals surface area contributed by atoms with Gasteiger partial charge in [0.05, 0.1) is 5.60 Å². The van der Waals surface area contributed by atoms with Crippen LogP contribution in [0.2, 0.25) is 0 Å². The summed E-state index contributed by atoms with van der Waals surface area (Å²) in [5, 5.41) is 3.82. The topological polar surface area (TPSA) is 24.5 Å². The minimum absolute atomic E-state index is 0.0590. The highest BCUT2D eigenvalue weighted by atomic mass is 16.5. The predicted molar refractivity (Wildman–Crippen MR) is 78.4 cm³/mol. The van der Waals surface area contributed by atoms with Gasteiger partial charge in [-0.25, -0.2) is 0 Å². The lowest BCUT2D eigenvalue weighted by Crippen LogP contribution is -2.66. The van der Waals surface area contributed by atoms with Crippen LogP contribution in [-0.2, 0) is 4.74 Å². The minimum atomic E-state index is 0.0590. The van der Waals surface area contributed by atoms with Crippen LogP contribution in [0.25, 0.3) is 0 Å². The van der Waals surface area contributed by atoms with Gasteiger partial charge in [0, 0.05) is 37.3 Å². The van der Waals surface area contributed by atoms with Crippen LogP contribution >= 0.6 is 0 Å². The Kier molecular flexibility index (Phi) is 3.43. The molecule has 3 atom stereocenters. The highest BCUT2D eigenvalue weighted by Gasteiger charge is 2.47. The Bertz CT molecular complexity index is 340. The molecule has 0 amide bonds. The maximum Gasteiger partial charge on any atom is 0.0641 e. The number of rotatable bonds is 2. The van der Waals surface area contributed by atoms with Crippen molar-refractivity contribution in [2.75, 3.05) is 19.7 Å². The second-order valence-electron chi connectivity index (χ2n) is 7.85. The maximum atomic E-state index is 5.89. The van der Waals surface area contributed by atoms with E-state index in [4.69, 9.17) is 4.74 Å². The van der Waals surface area contributed by atoms with Crippen molar-refractivity contribution in [1.82, 2.24) is 10.2 Å². The molecule has 0 aromatic rings. The maximum absolute atomic E-state index is 5.89. The average molecular weight is 266 g/mol. The fraction of sp³-hybridized carbons (Fsp3) is 1.00. The van der Waals surface area contributed by atoms with E-state index in [0.29, 0.717) is 17.6 Å². The molecule has 0 radical (unpaired) electrons. The number of ether oxygens (including phenoxy) is 1. The quantitative estimate of drug-likeness (QED) is 0.830. The van der Waals surface area contributed by atoms with Crippen LogP contribution in [0.15, 0.2) is 0 Å². The molecule has 2 aliphatic heterocycles. The number of piperazine rings is 1. The fourth-order valence-electron chi connectivity index (χ4n) is 4.05. The van der Waals surface area contributed by atoms with Crippen molar-refractivity contribution in [3.63, 3.8) is 0 Å². The first-order valence-electron chi connectivity index (χ1n) is 8.04. The molecular weight excluding hydrogens is 236 g/mol. The summed E-state index contributed by atoms with van der Waals surface area (Å²) >= 11 is 0. The summed E-state index contributed by atoms with van der Waals surface area (Å²) < 4.78 is 5.89. The smallest absolute Gasteiger partial charge is 0.0641 e. The second kappa shape index (κ2) is 4.71. The number of hydrogen-bond acceptors (Lipinski definition) is 3. The normalized spacial score (nSPS) is 44.2. The third kappa shape index (κ3) is 2.84. The van der Waals surface area contributed by atoms with Crippen molar-refractivity contribution in [2.45, 2.75) is 76.6 Å². The van der Waals surface area contributed by atoms with Gasteiger partial charge in [-0.1, -0.05) is 0 Å². The molecule has 2 saturated heterocycles. The van der Waals surface area contributed by atoms with Gasteiger partial charge in [0.25, 0.3) is 0 Å². The molecule has 1 N–H and O–H groups in total. The Morgan fingerprint density at radius 2 is 1.89 bits per heavy atom. The second-order valence-corrected chi connectivity index (χ2v) is 7.85. The first kappa shape index (κ1) is 13.8. The largest absolute Gasteiger partial charge is 0.375 e. The molecule has 1 saturated carbocycles. The molecule has 3 unspecified atom stereocenters. The van der Waals surface area contributed by atoms with Gasteiger partial charge in [-0.05, 0) is 59.3 Å². The summed E-state index contributed by atoms with van der Waals surface area (Å²) in [6.07, 6.45) is 5.22. The van der Waals surface area contributed by atoms with Crippen LogP contribution in [0.3, 0.4) is 0 Å². The van der Waals surface area contributed by atoms with Crippen LogP contribution < -0.4 is 5.32 Å². The van der Waals surface area contributed by atoms with Gasteiger partial charge >= 0.3 is 0 Å². The molecule has 3 aliphatic rings. The number of nitrogens with zero attached hydrogens (tertiary/aromatic N) is 1. The van der Waals surface area contributed by atoms with Crippen molar-refractivity contribution in [3.05, 3.63) is 0 Å². The van der Waals surface area contributed by atoms with E-state index in [9.17, 15) is 0 Å². The molecule has 0 spiro atoms. The Morgan fingerprint density at radius 1 is 1.16 bits per heavy atom. The van der Waals surface area contributed by atoms with Gasteiger partial charge in [0.15, 0.2) is 0 Å². The van der Waals surface area contributed by atoms with Crippen molar-refractivity contribution in [3.8, 4) is 0 Å². The Labute approximate surface area is 118 Å². The van der Waals surface area contributed by atoms with E-state index in [0.717, 1.165) is 19.1 Å². The molecule has 3 fully saturated rings. The monoisotopic (exact) mass is 266 g/mol. The van der Waals surface area contributed by atoms with Gasteiger partial charge in [0.2, 0.25) is 0 Å². The Hall–Kier alpha value is -0.120. The first-order chi connectivity index (χ1) is 8.90. The molecule has 0 bridgehead atoms. The SMILES string of the molecule is CC1CNC(C)(C2CC2)CN1C1CCOC(C)(C)C1. The summed E-state index contributed by atoms with van der Waals surface area (Å²) in [5.41, 5.74) is 0.415. The lowest BCUT2D eigenvalue weighted by atomic mass is 9.86. The van der Waals surface area contributed by atoms with Crippen molar-refractivity contribution < 1.29 is 4.74 Å². The molecular formula is C16H30N2O. The van der Waals surface area contributed by atoms with Crippen LogP contribution in [-0.4, -0.2) is 47.8 Å². The zero-order valence-electron chi connectivity index (χ0n) is 13.0. The molecule has 0 aromatic carbocycles. The summed E-state index contributed by atoms with van der Waals surface area (Å²) in [6, 6.07) is 1.37. The van der Waals surface area contributed by atoms with E-state index in [1.165, 1.54) is 32.2 Å². The van der Waals surface area contributed by atoms with Crippen LogP contribution in [0.4, 0.5) is 0 Å². The van der Waals surface area contributed by atoms with E-state index >= 15 is 0 Å². The van der Waals surface area contributed by atoms with E-state index in [2.05, 4.69) is 37.9 Å². The highest BCUT2D eigenvalue weighted by molar-refractivity contribution is 5.05. The van der Waals surface area contributed by atoms with E-state index < -0.39 is 0 Å². The van der Waals surface area contributed by atoms with Gasteiger partial charge in [-0.3, -0.25) is 4.90 Å². The number of hydrogen-bond donors (Lipinski definition) is 1. The molecule has 2 heterocycles. The van der Waals surface area contributed by atoms with Crippen LogP contribution in [0.5, 0.6) is 0 Å². The third-order valence-corrected chi connectivity index (χ3v) is 5.50. The lowest BCUT2D eigenvalue weighted by Gasteiger charge is -2.51. The summed E-state index contributed by atoms with van der Waals surface area (Å²) in [7, 11) is 0. The molecule has 3 heteroatoms. The zero-order chi connectivity index (χ0) is 13.7. The fourth-order valence-corrected chi connectivity index (χ4v) is 4.05. The van der Waals surface area contributed by atoms with Gasteiger partial charge in [-0.15, -0.1) is 0 Å². The molecule has 1 aliphatic carbocycles. The lowest BCUT2D eigenvalue weighted by molar-refractivity contribution is -0.0973. The number of nitrogens with one attached hydrogen (secondary N) is 1. The average Bonchev–Trinajstić information content (AvgIpc) is 3.15. The third-order valence-electron chi connectivity index (χ3n) is 5.50. The predicted octanol–water partition coefficient (Wildman–Crippen LogP) is 2.41. The molecule has 19 heavy (non-hydrogen) atoms.